The Morgan fingerprint density at radius 3 is 2.94 bits per heavy atom. The number of rotatable bonds is 6. The molecule has 0 aliphatic carbocycles. The number of benzene rings is 1. The third kappa shape index (κ3) is 4.68. The highest BCUT2D eigenvalue weighted by Crippen LogP contribution is 2.08. The lowest BCUT2D eigenvalue weighted by Crippen LogP contribution is -2.24. The molecule has 0 bridgehead atoms. The Kier molecular flexibility index (Phi) is 5.96. The molecule has 0 spiro atoms. The SMILES string of the molecule is COCCCCNC(=O)c1cccc(S)c1. The van der Waals surface area contributed by atoms with Crippen molar-refractivity contribution in [1.29, 1.82) is 0 Å². The first-order valence-electron chi connectivity index (χ1n) is 5.30. The molecule has 0 aliphatic heterocycles. The van der Waals surface area contributed by atoms with Gasteiger partial charge in [-0.2, -0.15) is 0 Å². The summed E-state index contributed by atoms with van der Waals surface area (Å²) in [4.78, 5) is 12.5. The van der Waals surface area contributed by atoms with Crippen molar-refractivity contribution < 1.29 is 9.53 Å². The molecule has 0 saturated carbocycles. The fourth-order valence-electron chi connectivity index (χ4n) is 1.32. The van der Waals surface area contributed by atoms with E-state index in [0.717, 1.165) is 24.3 Å². The van der Waals surface area contributed by atoms with Gasteiger partial charge in [-0.3, -0.25) is 4.79 Å². The second kappa shape index (κ2) is 7.30. The molecule has 0 saturated heterocycles. The van der Waals surface area contributed by atoms with Crippen LogP contribution in [-0.4, -0.2) is 26.2 Å². The lowest BCUT2D eigenvalue weighted by molar-refractivity contribution is 0.0951. The van der Waals surface area contributed by atoms with Crippen molar-refractivity contribution in [1.82, 2.24) is 5.32 Å². The molecule has 88 valence electrons. The molecule has 0 fully saturated rings. The summed E-state index contributed by atoms with van der Waals surface area (Å²) < 4.78 is 4.93. The van der Waals surface area contributed by atoms with Gasteiger partial charge in [-0.1, -0.05) is 6.07 Å². The molecule has 0 unspecified atom stereocenters. The summed E-state index contributed by atoms with van der Waals surface area (Å²) in [6.45, 7) is 1.42. The van der Waals surface area contributed by atoms with Crippen LogP contribution in [0.3, 0.4) is 0 Å². The van der Waals surface area contributed by atoms with Gasteiger partial charge in [0.2, 0.25) is 0 Å². The second-order valence-corrected chi connectivity index (χ2v) is 4.02. The average molecular weight is 239 g/mol. The van der Waals surface area contributed by atoms with Crippen LogP contribution in [0.25, 0.3) is 0 Å². The molecule has 0 aromatic heterocycles. The summed E-state index contributed by atoms with van der Waals surface area (Å²) in [7, 11) is 1.68. The Morgan fingerprint density at radius 1 is 1.44 bits per heavy atom. The molecule has 0 radical (unpaired) electrons. The van der Waals surface area contributed by atoms with Crippen LogP contribution < -0.4 is 5.32 Å². The van der Waals surface area contributed by atoms with Gasteiger partial charge in [0, 0.05) is 30.7 Å². The molecule has 1 rings (SSSR count). The van der Waals surface area contributed by atoms with Gasteiger partial charge in [0.05, 0.1) is 0 Å². The predicted molar refractivity (Wildman–Crippen MR) is 67.1 cm³/mol. The third-order valence-corrected chi connectivity index (χ3v) is 2.45. The first-order valence-corrected chi connectivity index (χ1v) is 5.75. The fourth-order valence-corrected chi connectivity index (χ4v) is 1.55. The molecule has 0 heterocycles. The number of carbonyl (C=O) groups is 1. The van der Waals surface area contributed by atoms with Gasteiger partial charge >= 0.3 is 0 Å². The molecular weight excluding hydrogens is 222 g/mol. The van der Waals surface area contributed by atoms with E-state index >= 15 is 0 Å². The van der Waals surface area contributed by atoms with Gasteiger partial charge in [-0.25, -0.2) is 0 Å². The third-order valence-electron chi connectivity index (χ3n) is 2.17. The summed E-state index contributed by atoms with van der Waals surface area (Å²) in [5.74, 6) is -0.0479. The first kappa shape index (κ1) is 13.1. The summed E-state index contributed by atoms with van der Waals surface area (Å²) in [6.07, 6.45) is 1.89. The van der Waals surface area contributed by atoms with E-state index in [4.69, 9.17) is 4.74 Å². The van der Waals surface area contributed by atoms with Crippen molar-refractivity contribution in [2.75, 3.05) is 20.3 Å². The minimum Gasteiger partial charge on any atom is -0.385 e. The summed E-state index contributed by atoms with van der Waals surface area (Å²) in [6, 6.07) is 7.21. The van der Waals surface area contributed by atoms with Crippen molar-refractivity contribution >= 4 is 18.5 Å². The molecule has 1 aromatic rings. The molecule has 1 aromatic carbocycles. The van der Waals surface area contributed by atoms with Gasteiger partial charge in [-0.15, -0.1) is 12.6 Å². The Balaban J connectivity index is 2.30. The number of nitrogens with one attached hydrogen (secondary N) is 1. The van der Waals surface area contributed by atoms with E-state index in [2.05, 4.69) is 17.9 Å². The van der Waals surface area contributed by atoms with Gasteiger partial charge in [0.15, 0.2) is 0 Å². The zero-order valence-electron chi connectivity index (χ0n) is 9.40. The van der Waals surface area contributed by atoms with Crippen molar-refractivity contribution in [3.8, 4) is 0 Å². The van der Waals surface area contributed by atoms with Gasteiger partial charge in [0.25, 0.3) is 5.91 Å². The Labute approximate surface area is 102 Å². The van der Waals surface area contributed by atoms with Crippen LogP contribution in [0.2, 0.25) is 0 Å². The van der Waals surface area contributed by atoms with E-state index in [1.54, 1.807) is 19.2 Å². The van der Waals surface area contributed by atoms with Crippen LogP contribution in [0, 0.1) is 0 Å². The maximum Gasteiger partial charge on any atom is 0.251 e. The van der Waals surface area contributed by atoms with E-state index in [1.807, 2.05) is 12.1 Å². The Morgan fingerprint density at radius 2 is 2.25 bits per heavy atom. The zero-order chi connectivity index (χ0) is 11.8. The average Bonchev–Trinajstić information content (AvgIpc) is 2.28. The highest BCUT2D eigenvalue weighted by Gasteiger charge is 2.03. The lowest BCUT2D eigenvalue weighted by Gasteiger charge is -2.05. The first-order chi connectivity index (χ1) is 7.74. The normalized spacial score (nSPS) is 10.1. The molecule has 4 heteroatoms. The monoisotopic (exact) mass is 239 g/mol. The summed E-state index contributed by atoms with van der Waals surface area (Å²) >= 11 is 4.19. The number of hydrogen-bond acceptors (Lipinski definition) is 3. The van der Waals surface area contributed by atoms with Gasteiger partial charge in [-0.05, 0) is 31.0 Å². The number of thiol groups is 1. The number of amides is 1. The van der Waals surface area contributed by atoms with Crippen LogP contribution in [0.1, 0.15) is 23.2 Å². The number of methoxy groups -OCH3 is 1. The second-order valence-electron chi connectivity index (χ2n) is 3.51. The standard InChI is InChI=1S/C12H17NO2S/c1-15-8-3-2-7-13-12(14)10-5-4-6-11(16)9-10/h4-6,9,16H,2-3,7-8H2,1H3,(H,13,14). The fraction of sp³-hybridized carbons (Fsp3) is 0.417. The van der Waals surface area contributed by atoms with Crippen molar-refractivity contribution in [3.05, 3.63) is 29.8 Å². The van der Waals surface area contributed by atoms with Gasteiger partial charge < -0.3 is 10.1 Å². The topological polar surface area (TPSA) is 38.3 Å². The van der Waals surface area contributed by atoms with Crippen LogP contribution in [0.15, 0.2) is 29.2 Å². The van der Waals surface area contributed by atoms with E-state index in [9.17, 15) is 4.79 Å². The maximum absolute atomic E-state index is 11.7. The smallest absolute Gasteiger partial charge is 0.251 e. The van der Waals surface area contributed by atoms with E-state index < -0.39 is 0 Å². The van der Waals surface area contributed by atoms with E-state index in [-0.39, 0.29) is 5.91 Å². The number of ether oxygens (including phenoxy) is 1. The minimum atomic E-state index is -0.0479. The number of carbonyl (C=O) groups excluding carboxylic acids is 1. The van der Waals surface area contributed by atoms with Crippen molar-refractivity contribution in [3.63, 3.8) is 0 Å². The largest absolute Gasteiger partial charge is 0.385 e. The molecule has 0 aliphatic rings. The van der Waals surface area contributed by atoms with Crippen LogP contribution in [0.4, 0.5) is 0 Å². The zero-order valence-corrected chi connectivity index (χ0v) is 10.3. The minimum absolute atomic E-state index is 0.0479. The molecule has 16 heavy (non-hydrogen) atoms. The molecule has 1 N–H and O–H groups in total. The van der Waals surface area contributed by atoms with Crippen LogP contribution in [-0.2, 0) is 4.74 Å². The van der Waals surface area contributed by atoms with Gasteiger partial charge in [0.1, 0.15) is 0 Å². The summed E-state index contributed by atoms with van der Waals surface area (Å²) in [5.41, 5.74) is 0.652. The Bertz CT molecular complexity index is 342. The van der Waals surface area contributed by atoms with Crippen LogP contribution >= 0.6 is 12.6 Å². The maximum atomic E-state index is 11.7. The number of hydrogen-bond donors (Lipinski definition) is 2. The predicted octanol–water partition coefficient (Wildman–Crippen LogP) is 2.13. The molecule has 3 nitrogen and oxygen atoms in total. The molecule has 1 amide bonds. The van der Waals surface area contributed by atoms with E-state index in [0.29, 0.717) is 12.1 Å². The quantitative estimate of drug-likeness (QED) is 0.589. The van der Waals surface area contributed by atoms with Crippen molar-refractivity contribution in [2.45, 2.75) is 17.7 Å². The van der Waals surface area contributed by atoms with Crippen LogP contribution in [0.5, 0.6) is 0 Å². The van der Waals surface area contributed by atoms with E-state index in [1.165, 1.54) is 0 Å². The highest BCUT2D eigenvalue weighted by atomic mass is 32.1. The molecular formula is C12H17NO2S. The summed E-state index contributed by atoms with van der Waals surface area (Å²) in [5, 5.41) is 2.86. The molecule has 0 atom stereocenters. The number of unbranched alkanes of at least 4 members (excludes halogenated alkanes) is 1. The lowest BCUT2D eigenvalue weighted by atomic mass is 10.2. The Hall–Kier alpha value is -1.00. The highest BCUT2D eigenvalue weighted by molar-refractivity contribution is 7.80. The van der Waals surface area contributed by atoms with Crippen molar-refractivity contribution in [2.24, 2.45) is 0 Å².